The van der Waals surface area contributed by atoms with Gasteiger partial charge in [-0.2, -0.15) is 0 Å². The number of aryl methyl sites for hydroxylation is 1. The van der Waals surface area contributed by atoms with Crippen LogP contribution in [-0.4, -0.2) is 12.0 Å². The fourth-order valence-electron chi connectivity index (χ4n) is 1.57. The molecule has 0 heterocycles. The minimum Gasteiger partial charge on any atom is -0.410 e. The predicted octanol–water partition coefficient (Wildman–Crippen LogP) is 2.92. The van der Waals surface area contributed by atoms with Crippen molar-refractivity contribution in [1.82, 2.24) is 5.32 Å². The monoisotopic (exact) mass is 255 g/mol. The molecule has 0 atom stereocenters. The van der Waals surface area contributed by atoms with E-state index < -0.39 is 12.0 Å². The molecule has 2 aromatic rings. The Morgan fingerprint density at radius 2 is 1.74 bits per heavy atom. The van der Waals surface area contributed by atoms with E-state index in [9.17, 15) is 9.59 Å². The molecule has 1 N–H and O–H groups in total. The van der Waals surface area contributed by atoms with Gasteiger partial charge in [0, 0.05) is 5.56 Å². The summed E-state index contributed by atoms with van der Waals surface area (Å²) in [4.78, 5) is 23.3. The largest absolute Gasteiger partial charge is 0.419 e. The summed E-state index contributed by atoms with van der Waals surface area (Å²) in [6.07, 6.45) is -0.792. The van der Waals surface area contributed by atoms with Gasteiger partial charge in [-0.15, -0.1) is 0 Å². The number of amides is 2. The zero-order valence-electron chi connectivity index (χ0n) is 10.4. The number of hydrogen-bond acceptors (Lipinski definition) is 3. The van der Waals surface area contributed by atoms with Crippen molar-refractivity contribution >= 4 is 12.0 Å². The number of ether oxygens (including phenoxy) is 1. The molecular weight excluding hydrogens is 242 g/mol. The van der Waals surface area contributed by atoms with Gasteiger partial charge in [-0.25, -0.2) is 4.79 Å². The van der Waals surface area contributed by atoms with E-state index in [4.69, 9.17) is 4.74 Å². The third-order valence-corrected chi connectivity index (χ3v) is 2.45. The van der Waals surface area contributed by atoms with Crippen LogP contribution in [0.1, 0.15) is 15.9 Å². The summed E-state index contributed by atoms with van der Waals surface area (Å²) in [6, 6.07) is 15.5. The van der Waals surface area contributed by atoms with Gasteiger partial charge >= 0.3 is 6.09 Å². The standard InChI is InChI=1S/C15H13NO3/c1-11-6-5-9-13(10-11)19-15(18)16-14(17)12-7-3-2-4-8-12/h2-10H,1H3,(H,16,17,18). The number of carbonyl (C=O) groups excluding carboxylic acids is 2. The molecule has 2 rings (SSSR count). The Kier molecular flexibility index (Phi) is 3.93. The quantitative estimate of drug-likeness (QED) is 0.897. The Balaban J connectivity index is 1.97. The van der Waals surface area contributed by atoms with E-state index in [1.165, 1.54) is 0 Å². The molecule has 0 saturated carbocycles. The highest BCUT2D eigenvalue weighted by Crippen LogP contribution is 2.12. The number of imide groups is 1. The maximum atomic E-state index is 11.7. The number of hydrogen-bond donors (Lipinski definition) is 1. The van der Waals surface area contributed by atoms with Crippen molar-refractivity contribution in [3.63, 3.8) is 0 Å². The summed E-state index contributed by atoms with van der Waals surface area (Å²) in [6.45, 7) is 1.89. The molecule has 0 fully saturated rings. The summed E-state index contributed by atoms with van der Waals surface area (Å²) in [5.41, 5.74) is 1.38. The minimum atomic E-state index is -0.792. The normalized spacial score (nSPS) is 9.74. The lowest BCUT2D eigenvalue weighted by molar-refractivity contribution is 0.0951. The van der Waals surface area contributed by atoms with Crippen LogP contribution in [0.5, 0.6) is 5.75 Å². The lowest BCUT2D eigenvalue weighted by atomic mass is 10.2. The van der Waals surface area contributed by atoms with Gasteiger partial charge in [0.05, 0.1) is 0 Å². The molecular formula is C15H13NO3. The molecule has 0 aliphatic rings. The Labute approximate surface area is 111 Å². The Morgan fingerprint density at radius 3 is 2.42 bits per heavy atom. The van der Waals surface area contributed by atoms with E-state index in [1.54, 1.807) is 48.5 Å². The maximum Gasteiger partial charge on any atom is 0.419 e. The van der Waals surface area contributed by atoms with E-state index in [0.717, 1.165) is 5.56 Å². The highest BCUT2D eigenvalue weighted by Gasteiger charge is 2.11. The number of nitrogens with one attached hydrogen (secondary N) is 1. The lowest BCUT2D eigenvalue weighted by Crippen LogP contribution is -2.32. The van der Waals surface area contributed by atoms with Crippen LogP contribution in [0.15, 0.2) is 54.6 Å². The van der Waals surface area contributed by atoms with E-state index >= 15 is 0 Å². The van der Waals surface area contributed by atoms with Crippen molar-refractivity contribution in [3.8, 4) is 5.75 Å². The van der Waals surface area contributed by atoms with Gasteiger partial charge in [0.1, 0.15) is 5.75 Å². The molecule has 0 saturated heterocycles. The summed E-state index contributed by atoms with van der Waals surface area (Å²) < 4.78 is 5.02. The van der Waals surface area contributed by atoms with Crippen LogP contribution in [0.3, 0.4) is 0 Å². The molecule has 0 aliphatic carbocycles. The van der Waals surface area contributed by atoms with Gasteiger partial charge in [0.15, 0.2) is 0 Å². The first-order valence-corrected chi connectivity index (χ1v) is 5.80. The zero-order valence-corrected chi connectivity index (χ0v) is 10.4. The first-order chi connectivity index (χ1) is 9.15. The van der Waals surface area contributed by atoms with Crippen molar-refractivity contribution in [2.45, 2.75) is 6.92 Å². The molecule has 4 heteroatoms. The molecule has 0 unspecified atom stereocenters. The van der Waals surface area contributed by atoms with Crippen molar-refractivity contribution in [2.24, 2.45) is 0 Å². The lowest BCUT2D eigenvalue weighted by Gasteiger charge is -2.06. The Morgan fingerprint density at radius 1 is 1.00 bits per heavy atom. The molecule has 19 heavy (non-hydrogen) atoms. The highest BCUT2D eigenvalue weighted by atomic mass is 16.6. The van der Waals surface area contributed by atoms with Crippen molar-refractivity contribution in [2.75, 3.05) is 0 Å². The second-order valence-corrected chi connectivity index (χ2v) is 4.03. The van der Waals surface area contributed by atoms with Crippen molar-refractivity contribution in [3.05, 3.63) is 65.7 Å². The smallest absolute Gasteiger partial charge is 0.410 e. The number of carbonyl (C=O) groups is 2. The summed E-state index contributed by atoms with van der Waals surface area (Å²) in [5, 5.41) is 2.16. The molecule has 0 radical (unpaired) electrons. The molecule has 96 valence electrons. The fraction of sp³-hybridized carbons (Fsp3) is 0.0667. The number of rotatable bonds is 2. The minimum absolute atomic E-state index is 0.401. The van der Waals surface area contributed by atoms with Gasteiger partial charge in [-0.05, 0) is 36.8 Å². The molecule has 0 aromatic heterocycles. The molecule has 2 aromatic carbocycles. The highest BCUT2D eigenvalue weighted by molar-refractivity contribution is 6.03. The molecule has 2 amide bonds. The number of benzene rings is 2. The van der Waals surface area contributed by atoms with Gasteiger partial charge in [-0.1, -0.05) is 30.3 Å². The SMILES string of the molecule is Cc1cccc(OC(=O)NC(=O)c2ccccc2)c1. The third-order valence-electron chi connectivity index (χ3n) is 2.45. The summed E-state index contributed by atoms with van der Waals surface area (Å²) in [7, 11) is 0. The summed E-state index contributed by atoms with van der Waals surface area (Å²) >= 11 is 0. The maximum absolute atomic E-state index is 11.7. The van der Waals surface area contributed by atoms with Crippen LogP contribution < -0.4 is 10.1 Å². The van der Waals surface area contributed by atoms with E-state index in [0.29, 0.717) is 11.3 Å². The Hall–Kier alpha value is -2.62. The predicted molar refractivity (Wildman–Crippen MR) is 71.1 cm³/mol. The molecule has 0 bridgehead atoms. The third kappa shape index (κ3) is 3.67. The summed E-state index contributed by atoms with van der Waals surface area (Å²) in [5.74, 6) is -0.0865. The molecule has 0 aliphatic heterocycles. The topological polar surface area (TPSA) is 55.4 Å². The van der Waals surface area contributed by atoms with Gasteiger partial charge < -0.3 is 4.74 Å². The fourth-order valence-corrected chi connectivity index (χ4v) is 1.57. The van der Waals surface area contributed by atoms with Gasteiger partial charge in [0.25, 0.3) is 5.91 Å². The van der Waals surface area contributed by atoms with Crippen molar-refractivity contribution in [1.29, 1.82) is 0 Å². The van der Waals surface area contributed by atoms with Gasteiger partial charge in [0.2, 0.25) is 0 Å². The second kappa shape index (κ2) is 5.82. The van der Waals surface area contributed by atoms with Gasteiger partial charge in [-0.3, -0.25) is 10.1 Å². The Bertz CT molecular complexity index is 593. The van der Waals surface area contributed by atoms with E-state index in [-0.39, 0.29) is 0 Å². The van der Waals surface area contributed by atoms with Crippen LogP contribution in [-0.2, 0) is 0 Å². The van der Waals surface area contributed by atoms with Crippen LogP contribution >= 0.6 is 0 Å². The molecule has 4 nitrogen and oxygen atoms in total. The van der Waals surface area contributed by atoms with Crippen LogP contribution in [0, 0.1) is 6.92 Å². The van der Waals surface area contributed by atoms with Crippen molar-refractivity contribution < 1.29 is 14.3 Å². The van der Waals surface area contributed by atoms with Crippen LogP contribution in [0.4, 0.5) is 4.79 Å². The molecule has 0 spiro atoms. The first kappa shape index (κ1) is 12.8. The average molecular weight is 255 g/mol. The van der Waals surface area contributed by atoms with Crippen LogP contribution in [0.25, 0.3) is 0 Å². The first-order valence-electron chi connectivity index (χ1n) is 5.80. The second-order valence-electron chi connectivity index (χ2n) is 4.03. The van der Waals surface area contributed by atoms with E-state index in [2.05, 4.69) is 5.32 Å². The van der Waals surface area contributed by atoms with Crippen LogP contribution in [0.2, 0.25) is 0 Å². The average Bonchev–Trinajstić information content (AvgIpc) is 2.39. The van der Waals surface area contributed by atoms with E-state index in [1.807, 2.05) is 13.0 Å². The zero-order chi connectivity index (χ0) is 13.7.